The van der Waals surface area contributed by atoms with Gasteiger partial charge in [-0.05, 0) is 50.9 Å². The summed E-state index contributed by atoms with van der Waals surface area (Å²) in [7, 11) is 0. The predicted octanol–water partition coefficient (Wildman–Crippen LogP) is 4.18. The van der Waals surface area contributed by atoms with Crippen molar-refractivity contribution in [2.45, 2.75) is 117 Å². The minimum absolute atomic E-state index is 0.0280. The summed E-state index contributed by atoms with van der Waals surface area (Å²) in [5, 5.41) is 10.6. The molecule has 0 aromatic rings. The van der Waals surface area contributed by atoms with Gasteiger partial charge in [-0.25, -0.2) is 0 Å². The molecule has 6 atom stereocenters. The second kappa shape index (κ2) is 11.1. The molecule has 1 spiro atoms. The molecule has 3 amide bonds. The van der Waals surface area contributed by atoms with E-state index in [0.29, 0.717) is 32.5 Å². The van der Waals surface area contributed by atoms with Crippen molar-refractivity contribution in [1.29, 1.82) is 0 Å². The highest BCUT2D eigenvalue weighted by molar-refractivity contribution is 6.00. The highest BCUT2D eigenvalue weighted by Gasteiger charge is 2.76. The molecule has 0 aliphatic carbocycles. The smallest absolute Gasteiger partial charge is 0.249 e. The van der Waals surface area contributed by atoms with Crippen LogP contribution in [0.15, 0.2) is 24.3 Å². The van der Waals surface area contributed by atoms with Gasteiger partial charge in [-0.1, -0.05) is 72.8 Å². The molecule has 2 saturated heterocycles. The monoisotopic (exact) mass is 571 g/mol. The Morgan fingerprint density at radius 3 is 2.20 bits per heavy atom. The number of hydrogen-bond donors (Lipinski definition) is 1. The quantitative estimate of drug-likeness (QED) is 0.420. The molecule has 4 heterocycles. The van der Waals surface area contributed by atoms with Gasteiger partial charge in [0.15, 0.2) is 0 Å². The summed E-state index contributed by atoms with van der Waals surface area (Å²) in [5.74, 6) is -1.93. The van der Waals surface area contributed by atoms with E-state index in [1.54, 1.807) is 4.90 Å². The molecule has 41 heavy (non-hydrogen) atoms. The van der Waals surface area contributed by atoms with E-state index in [0.717, 1.165) is 12.8 Å². The number of carbonyl (C=O) groups excluding carboxylic acids is 3. The van der Waals surface area contributed by atoms with Crippen molar-refractivity contribution in [3.05, 3.63) is 24.3 Å². The third-order valence-electron chi connectivity index (χ3n) is 9.50. The summed E-state index contributed by atoms with van der Waals surface area (Å²) in [6, 6.07) is -1.52. The molecule has 4 aliphatic heterocycles. The Morgan fingerprint density at radius 2 is 1.63 bits per heavy atom. The van der Waals surface area contributed by atoms with Crippen molar-refractivity contribution in [3.63, 3.8) is 0 Å². The minimum atomic E-state index is -1.30. The number of carbonyl (C=O) groups is 3. The minimum Gasteiger partial charge on any atom is -0.394 e. The number of nitrogens with zero attached hydrogens (tertiary/aromatic N) is 3. The Labute approximate surface area is 247 Å². The van der Waals surface area contributed by atoms with Crippen molar-refractivity contribution in [3.8, 4) is 0 Å². The van der Waals surface area contributed by atoms with Gasteiger partial charge >= 0.3 is 0 Å². The van der Waals surface area contributed by atoms with Crippen LogP contribution in [0.5, 0.6) is 0 Å². The number of aliphatic hydroxyl groups excluding tert-OH is 1. The van der Waals surface area contributed by atoms with Crippen molar-refractivity contribution < 1.29 is 24.2 Å². The Hall–Kier alpha value is -2.19. The van der Waals surface area contributed by atoms with Gasteiger partial charge in [0.2, 0.25) is 17.7 Å². The van der Waals surface area contributed by atoms with Crippen molar-refractivity contribution in [2.24, 2.45) is 23.2 Å². The van der Waals surface area contributed by atoms with E-state index < -0.39 is 40.7 Å². The number of fused-ring (bicyclic) bond motifs is 2. The second-order valence-electron chi connectivity index (χ2n) is 14.9. The number of hydrogen-bond acceptors (Lipinski definition) is 5. The number of likely N-dealkylation sites (tertiary alicyclic amines) is 1. The first-order valence-electron chi connectivity index (χ1n) is 15.7. The number of aliphatic hydroxyl groups is 1. The first-order chi connectivity index (χ1) is 19.1. The maximum absolute atomic E-state index is 14.9. The standard InChI is InChI=1S/C33H53N3O5/c1-10-16-34-17-12-14-32(11-2)24(27(34)38)25-28(39)36(23(20-37)19-22(3)4)26-29(40)35(18-13-15-33(25,26)41-32)31(8,9)21-30(5,6)7/h12-15,22-26,37H,10-11,16-21H2,1-9H3/t23-,24-,25+,26?,32+,33+/m1/s1. The van der Waals surface area contributed by atoms with Gasteiger partial charge in [0.05, 0.1) is 30.1 Å². The van der Waals surface area contributed by atoms with Crippen LogP contribution in [0.1, 0.15) is 88.0 Å². The van der Waals surface area contributed by atoms with Crippen molar-refractivity contribution in [2.75, 3.05) is 26.2 Å². The van der Waals surface area contributed by atoms with Gasteiger partial charge in [0, 0.05) is 25.2 Å². The summed E-state index contributed by atoms with van der Waals surface area (Å²) in [6.45, 7) is 20.0. The normalized spacial score (nSPS) is 32.8. The van der Waals surface area contributed by atoms with Gasteiger partial charge in [-0.3, -0.25) is 14.4 Å². The van der Waals surface area contributed by atoms with Crippen LogP contribution in [0.2, 0.25) is 0 Å². The fourth-order valence-corrected chi connectivity index (χ4v) is 8.37. The van der Waals surface area contributed by atoms with E-state index in [1.165, 1.54) is 0 Å². The maximum atomic E-state index is 14.9. The lowest BCUT2D eigenvalue weighted by molar-refractivity contribution is -0.160. The summed E-state index contributed by atoms with van der Waals surface area (Å²) < 4.78 is 7.09. The summed E-state index contributed by atoms with van der Waals surface area (Å²) in [6.07, 6.45) is 10.5. The molecule has 0 aromatic heterocycles. The lowest BCUT2D eigenvalue weighted by Crippen LogP contribution is -2.62. The summed E-state index contributed by atoms with van der Waals surface area (Å²) in [4.78, 5) is 49.2. The zero-order valence-electron chi connectivity index (χ0n) is 26.8. The third-order valence-corrected chi connectivity index (χ3v) is 9.50. The first kappa shape index (κ1) is 31.7. The molecule has 0 radical (unpaired) electrons. The molecule has 4 rings (SSSR count). The van der Waals surface area contributed by atoms with Crippen LogP contribution in [0.25, 0.3) is 0 Å². The van der Waals surface area contributed by atoms with E-state index in [1.807, 2.05) is 61.8 Å². The summed E-state index contributed by atoms with van der Waals surface area (Å²) >= 11 is 0. The van der Waals surface area contributed by atoms with Crippen LogP contribution in [0, 0.1) is 23.2 Å². The predicted molar refractivity (Wildman–Crippen MR) is 160 cm³/mol. The number of ether oxygens (including phenoxy) is 1. The molecular weight excluding hydrogens is 518 g/mol. The molecule has 230 valence electrons. The van der Waals surface area contributed by atoms with Crippen LogP contribution in [0.3, 0.4) is 0 Å². The Bertz CT molecular complexity index is 1090. The first-order valence-corrected chi connectivity index (χ1v) is 15.7. The molecule has 8 nitrogen and oxygen atoms in total. The van der Waals surface area contributed by atoms with Crippen LogP contribution in [0.4, 0.5) is 0 Å². The Balaban J connectivity index is 1.91. The van der Waals surface area contributed by atoms with Crippen LogP contribution >= 0.6 is 0 Å². The fraction of sp³-hybridized carbons (Fsp3) is 0.788. The fourth-order valence-electron chi connectivity index (χ4n) is 8.37. The lowest BCUT2D eigenvalue weighted by atomic mass is 9.72. The molecule has 1 N–H and O–H groups in total. The zero-order chi connectivity index (χ0) is 30.5. The van der Waals surface area contributed by atoms with Gasteiger partial charge < -0.3 is 24.5 Å². The van der Waals surface area contributed by atoms with E-state index in [4.69, 9.17) is 4.74 Å². The maximum Gasteiger partial charge on any atom is 0.249 e. The van der Waals surface area contributed by atoms with Gasteiger partial charge in [0.25, 0.3) is 0 Å². The van der Waals surface area contributed by atoms with Gasteiger partial charge in [-0.15, -0.1) is 0 Å². The third kappa shape index (κ3) is 5.28. The average Bonchev–Trinajstić information content (AvgIpc) is 3.16. The molecule has 0 bridgehead atoms. The highest BCUT2D eigenvalue weighted by Crippen LogP contribution is 2.59. The van der Waals surface area contributed by atoms with Crippen LogP contribution < -0.4 is 0 Å². The number of amides is 3. The van der Waals surface area contributed by atoms with E-state index in [-0.39, 0.29) is 35.7 Å². The number of rotatable bonds is 9. The van der Waals surface area contributed by atoms with Crippen LogP contribution in [-0.4, -0.2) is 92.6 Å². The molecule has 0 saturated carbocycles. The highest BCUT2D eigenvalue weighted by atomic mass is 16.5. The molecule has 4 aliphatic rings. The van der Waals surface area contributed by atoms with E-state index in [2.05, 4.69) is 34.6 Å². The van der Waals surface area contributed by atoms with Gasteiger partial charge in [0.1, 0.15) is 11.6 Å². The van der Waals surface area contributed by atoms with Crippen molar-refractivity contribution >= 4 is 17.7 Å². The van der Waals surface area contributed by atoms with Crippen molar-refractivity contribution in [1.82, 2.24) is 14.7 Å². The van der Waals surface area contributed by atoms with Gasteiger partial charge in [-0.2, -0.15) is 0 Å². The lowest BCUT2D eigenvalue weighted by Gasteiger charge is -2.46. The zero-order valence-corrected chi connectivity index (χ0v) is 26.8. The van der Waals surface area contributed by atoms with E-state index >= 15 is 0 Å². The molecule has 8 heteroatoms. The topological polar surface area (TPSA) is 90.4 Å². The SMILES string of the molecule is CCCN1CC=C[C@]2(CC)O[C@]34C=CCN(C(C)(C)CC(C)(C)C)C(=O)C3N([C@@H](CO)CC(C)C)C(=O)[C@@H]4[C@@H]2C1=O. The average molecular weight is 572 g/mol. The Kier molecular flexibility index (Phi) is 8.63. The molecular formula is C33H53N3O5. The molecule has 1 unspecified atom stereocenters. The Morgan fingerprint density at radius 1 is 0.976 bits per heavy atom. The summed E-state index contributed by atoms with van der Waals surface area (Å²) in [5.41, 5.74) is -2.82. The largest absolute Gasteiger partial charge is 0.394 e. The van der Waals surface area contributed by atoms with Crippen LogP contribution in [-0.2, 0) is 19.1 Å². The molecule has 0 aromatic carbocycles. The second-order valence-corrected chi connectivity index (χ2v) is 14.9. The van der Waals surface area contributed by atoms with E-state index in [9.17, 15) is 19.5 Å². The molecule has 2 fully saturated rings.